The summed E-state index contributed by atoms with van der Waals surface area (Å²) in [5.41, 5.74) is 3.29. The van der Waals surface area contributed by atoms with Gasteiger partial charge in [0.1, 0.15) is 0 Å². The molecule has 1 heterocycles. The van der Waals surface area contributed by atoms with E-state index < -0.39 is 0 Å². The number of carbonyl (C=O) groups is 1. The lowest BCUT2D eigenvalue weighted by atomic mass is 10.2. The summed E-state index contributed by atoms with van der Waals surface area (Å²) >= 11 is 0. The van der Waals surface area contributed by atoms with Gasteiger partial charge in [-0.05, 0) is 42.8 Å². The van der Waals surface area contributed by atoms with Crippen molar-refractivity contribution in [1.29, 1.82) is 0 Å². The van der Waals surface area contributed by atoms with Crippen LogP contribution >= 0.6 is 0 Å². The molecule has 2 N–H and O–H groups in total. The van der Waals surface area contributed by atoms with Crippen molar-refractivity contribution in [3.8, 4) is 11.4 Å². The average Bonchev–Trinajstić information content (AvgIpc) is 2.97. The second kappa shape index (κ2) is 6.31. The van der Waals surface area contributed by atoms with Gasteiger partial charge in [0.15, 0.2) is 0 Å². The molecule has 0 fully saturated rings. The van der Waals surface area contributed by atoms with E-state index in [0.29, 0.717) is 17.4 Å². The second-order valence-corrected chi connectivity index (χ2v) is 5.11. The molecule has 3 aromatic rings. The predicted octanol–water partition coefficient (Wildman–Crippen LogP) is 4.00. The number of amides is 2. The molecule has 2 aromatic carbocycles. The van der Waals surface area contributed by atoms with E-state index in [1.165, 1.54) is 0 Å². The first-order valence-corrected chi connectivity index (χ1v) is 7.16. The Balaban J connectivity index is 1.66. The van der Waals surface area contributed by atoms with Crippen LogP contribution in [-0.2, 0) is 0 Å². The Kier molecular flexibility index (Phi) is 4.05. The maximum atomic E-state index is 12.0. The normalized spacial score (nSPS) is 10.3. The highest BCUT2D eigenvalue weighted by atomic mass is 16.5. The summed E-state index contributed by atoms with van der Waals surface area (Å²) < 4.78 is 4.95. The van der Waals surface area contributed by atoms with Crippen molar-refractivity contribution in [2.24, 2.45) is 0 Å². The van der Waals surface area contributed by atoms with Crippen LogP contribution in [0.25, 0.3) is 11.4 Å². The summed E-state index contributed by atoms with van der Waals surface area (Å²) in [6.07, 6.45) is 0. The van der Waals surface area contributed by atoms with Crippen LogP contribution in [0.15, 0.2) is 53.1 Å². The number of anilines is 2. The van der Waals surface area contributed by atoms with Crippen LogP contribution in [0.1, 0.15) is 11.5 Å². The van der Waals surface area contributed by atoms with E-state index in [0.717, 1.165) is 16.8 Å². The van der Waals surface area contributed by atoms with Crippen LogP contribution in [0, 0.1) is 13.8 Å². The smallest absolute Gasteiger partial charge is 0.323 e. The van der Waals surface area contributed by atoms with E-state index in [9.17, 15) is 4.79 Å². The van der Waals surface area contributed by atoms with Crippen LogP contribution in [-0.4, -0.2) is 16.2 Å². The summed E-state index contributed by atoms with van der Waals surface area (Å²) in [5, 5.41) is 9.46. The fraction of sp³-hybridized carbons (Fsp3) is 0.118. The molecular formula is C17H16N4O2. The molecular weight excluding hydrogens is 292 g/mol. The first-order chi connectivity index (χ1) is 11.1. The Labute approximate surface area is 133 Å². The van der Waals surface area contributed by atoms with E-state index in [4.69, 9.17) is 4.52 Å². The number of nitrogens with one attached hydrogen (secondary N) is 2. The number of nitrogens with zero attached hydrogens (tertiary/aromatic N) is 2. The standard InChI is InChI=1S/C17H16N4O2/c1-11-5-3-4-6-15(11)20-17(22)19-14-9-7-13(8-10-14)16-18-12(2)23-21-16/h3-10H,1-2H3,(H2,19,20,22). The Morgan fingerprint density at radius 1 is 1.00 bits per heavy atom. The van der Waals surface area contributed by atoms with Crippen LogP contribution < -0.4 is 10.6 Å². The monoisotopic (exact) mass is 308 g/mol. The highest BCUT2D eigenvalue weighted by Gasteiger charge is 2.07. The van der Waals surface area contributed by atoms with Gasteiger partial charge in [-0.2, -0.15) is 4.98 Å². The fourth-order valence-electron chi connectivity index (χ4n) is 2.12. The zero-order valence-corrected chi connectivity index (χ0v) is 12.8. The van der Waals surface area contributed by atoms with Gasteiger partial charge in [0.05, 0.1) is 0 Å². The van der Waals surface area contributed by atoms with Gasteiger partial charge in [0, 0.05) is 23.9 Å². The highest BCUT2D eigenvalue weighted by Crippen LogP contribution is 2.19. The van der Waals surface area contributed by atoms with Crippen molar-refractivity contribution in [2.75, 3.05) is 10.6 Å². The minimum absolute atomic E-state index is 0.289. The Bertz CT molecular complexity index is 825. The first kappa shape index (κ1) is 14.8. The molecule has 1 aromatic heterocycles. The first-order valence-electron chi connectivity index (χ1n) is 7.16. The Hall–Kier alpha value is -3.15. The summed E-state index contributed by atoms with van der Waals surface area (Å²) in [6, 6.07) is 14.6. The summed E-state index contributed by atoms with van der Waals surface area (Å²) in [6.45, 7) is 3.68. The van der Waals surface area contributed by atoms with Crippen molar-refractivity contribution in [3.05, 3.63) is 60.0 Å². The molecule has 0 atom stereocenters. The Morgan fingerprint density at radius 3 is 2.39 bits per heavy atom. The summed E-state index contributed by atoms with van der Waals surface area (Å²) in [5.74, 6) is 1.04. The van der Waals surface area contributed by atoms with Crippen molar-refractivity contribution >= 4 is 17.4 Å². The largest absolute Gasteiger partial charge is 0.339 e. The summed E-state index contributed by atoms with van der Waals surface area (Å²) in [4.78, 5) is 16.2. The predicted molar refractivity (Wildman–Crippen MR) is 88.3 cm³/mol. The van der Waals surface area contributed by atoms with Gasteiger partial charge in [-0.1, -0.05) is 23.4 Å². The molecule has 0 saturated heterocycles. The molecule has 0 saturated carbocycles. The molecule has 0 aliphatic carbocycles. The average molecular weight is 308 g/mol. The summed E-state index contributed by atoms with van der Waals surface area (Å²) in [7, 11) is 0. The Morgan fingerprint density at radius 2 is 1.74 bits per heavy atom. The lowest BCUT2D eigenvalue weighted by molar-refractivity contribution is 0.262. The topological polar surface area (TPSA) is 80.0 Å². The lowest BCUT2D eigenvalue weighted by Gasteiger charge is -2.09. The van der Waals surface area contributed by atoms with Crippen LogP contribution in [0.3, 0.4) is 0 Å². The minimum Gasteiger partial charge on any atom is -0.339 e. The second-order valence-electron chi connectivity index (χ2n) is 5.11. The van der Waals surface area contributed by atoms with Gasteiger partial charge < -0.3 is 15.2 Å². The molecule has 3 rings (SSSR count). The number of benzene rings is 2. The quantitative estimate of drug-likeness (QED) is 0.766. The molecule has 6 nitrogen and oxygen atoms in total. The third-order valence-corrected chi connectivity index (χ3v) is 3.32. The number of hydrogen-bond donors (Lipinski definition) is 2. The number of aromatic nitrogens is 2. The minimum atomic E-state index is -0.289. The van der Waals surface area contributed by atoms with Gasteiger partial charge in [-0.3, -0.25) is 0 Å². The third-order valence-electron chi connectivity index (χ3n) is 3.32. The van der Waals surface area contributed by atoms with Crippen LogP contribution in [0.2, 0.25) is 0 Å². The van der Waals surface area contributed by atoms with Gasteiger partial charge in [-0.25, -0.2) is 4.79 Å². The number of para-hydroxylation sites is 1. The van der Waals surface area contributed by atoms with Crippen molar-refractivity contribution < 1.29 is 9.32 Å². The zero-order valence-electron chi connectivity index (χ0n) is 12.8. The SMILES string of the molecule is Cc1nc(-c2ccc(NC(=O)Nc3ccccc3C)cc2)no1. The van der Waals surface area contributed by atoms with E-state index >= 15 is 0 Å². The van der Waals surface area contributed by atoms with E-state index in [2.05, 4.69) is 20.8 Å². The molecule has 0 bridgehead atoms. The maximum Gasteiger partial charge on any atom is 0.323 e. The molecule has 0 unspecified atom stereocenters. The van der Waals surface area contributed by atoms with Gasteiger partial charge in [0.2, 0.25) is 11.7 Å². The lowest BCUT2D eigenvalue weighted by Crippen LogP contribution is -2.19. The number of rotatable bonds is 3. The molecule has 6 heteroatoms. The van der Waals surface area contributed by atoms with Crippen molar-refractivity contribution in [1.82, 2.24) is 10.1 Å². The zero-order chi connectivity index (χ0) is 16.2. The van der Waals surface area contributed by atoms with E-state index in [1.54, 1.807) is 19.1 Å². The molecule has 0 aliphatic heterocycles. The third kappa shape index (κ3) is 3.55. The number of carbonyl (C=O) groups excluding carboxylic acids is 1. The molecule has 0 spiro atoms. The van der Waals surface area contributed by atoms with Crippen molar-refractivity contribution in [2.45, 2.75) is 13.8 Å². The fourth-order valence-corrected chi connectivity index (χ4v) is 2.12. The molecule has 0 aliphatic rings. The number of hydrogen-bond acceptors (Lipinski definition) is 4. The molecule has 2 amide bonds. The van der Waals surface area contributed by atoms with Gasteiger partial charge in [-0.15, -0.1) is 0 Å². The molecule has 0 radical (unpaired) electrons. The molecule has 116 valence electrons. The van der Waals surface area contributed by atoms with E-state index in [1.807, 2.05) is 43.3 Å². The number of aryl methyl sites for hydroxylation is 2. The van der Waals surface area contributed by atoms with Crippen molar-refractivity contribution in [3.63, 3.8) is 0 Å². The van der Waals surface area contributed by atoms with Crippen LogP contribution in [0.4, 0.5) is 16.2 Å². The highest BCUT2D eigenvalue weighted by molar-refractivity contribution is 6.00. The molecule has 23 heavy (non-hydrogen) atoms. The van der Waals surface area contributed by atoms with E-state index in [-0.39, 0.29) is 6.03 Å². The van der Waals surface area contributed by atoms with Gasteiger partial charge in [0.25, 0.3) is 0 Å². The maximum absolute atomic E-state index is 12.0. The number of urea groups is 1. The van der Waals surface area contributed by atoms with Gasteiger partial charge >= 0.3 is 6.03 Å². The van der Waals surface area contributed by atoms with Crippen LogP contribution in [0.5, 0.6) is 0 Å².